The van der Waals surface area contributed by atoms with Crippen molar-refractivity contribution >= 4 is 49.2 Å². The summed E-state index contributed by atoms with van der Waals surface area (Å²) in [5.41, 5.74) is 13.1. The Kier molecular flexibility index (Phi) is 13.0. The fourth-order valence-corrected chi connectivity index (χ4v) is 15.5. The minimum absolute atomic E-state index is 0.254. The third-order valence-corrected chi connectivity index (χ3v) is 17.1. The van der Waals surface area contributed by atoms with Crippen molar-refractivity contribution in [2.45, 2.75) is 95.7 Å². The van der Waals surface area contributed by atoms with E-state index in [-0.39, 0.29) is 12.6 Å². The molecule has 0 heterocycles. The number of halogens is 5. The Morgan fingerprint density at radius 1 is 0.352 bits per heavy atom. The molecule has 5 aromatic rings. The molecule has 0 aromatic heterocycles. The largest absolute Gasteiger partial charge is 0.204 e. The SMILES string of the molecule is Cc1cc(C)c(P(CCB(CCP(c2c(C)cc(C)cc2C)c2c(C)cc(C)cc2C)c2c(F)c(F)c(F)c(F)c2F)c2c(C)cc(C)cc2C)c(C)c1. The second-order valence-electron chi connectivity index (χ2n) is 15.6. The van der Waals surface area contributed by atoms with E-state index in [1.807, 2.05) is 0 Å². The van der Waals surface area contributed by atoms with Crippen molar-refractivity contribution in [2.24, 2.45) is 0 Å². The summed E-state index contributed by atoms with van der Waals surface area (Å²) in [6, 6.07) is 17.4. The fraction of sp³-hybridized carbons (Fsp3) is 0.348. The second-order valence-corrected chi connectivity index (χ2v) is 19.9. The van der Waals surface area contributed by atoms with Crippen LogP contribution in [-0.4, -0.2) is 19.0 Å². The molecule has 0 aliphatic rings. The van der Waals surface area contributed by atoms with Gasteiger partial charge in [0.2, 0.25) is 0 Å². The molecule has 8 heteroatoms. The fourth-order valence-electron chi connectivity index (χ4n) is 9.05. The van der Waals surface area contributed by atoms with Gasteiger partial charge < -0.3 is 0 Å². The number of hydrogen-bond donors (Lipinski definition) is 0. The molecule has 0 N–H and O–H groups in total. The zero-order valence-electron chi connectivity index (χ0n) is 33.8. The summed E-state index contributed by atoms with van der Waals surface area (Å²) < 4.78 is 76.6. The Labute approximate surface area is 322 Å². The van der Waals surface area contributed by atoms with Crippen LogP contribution in [0.5, 0.6) is 0 Å². The molecule has 0 amide bonds. The Morgan fingerprint density at radius 2 is 0.556 bits per heavy atom. The molecule has 0 aliphatic carbocycles. The first kappa shape index (κ1) is 41.8. The van der Waals surface area contributed by atoms with E-state index in [2.05, 4.69) is 132 Å². The summed E-state index contributed by atoms with van der Waals surface area (Å²) in [5.74, 6) is -9.33. The molecule has 5 rings (SSSR count). The molecule has 0 aliphatic heterocycles. The zero-order valence-corrected chi connectivity index (χ0v) is 35.6. The van der Waals surface area contributed by atoms with Gasteiger partial charge in [0.15, 0.2) is 35.8 Å². The molecular formula is C46H52BF5P2. The number of aryl methyl sites for hydroxylation is 12. The van der Waals surface area contributed by atoms with Gasteiger partial charge in [-0.05, 0) is 182 Å². The van der Waals surface area contributed by atoms with Gasteiger partial charge >= 0.3 is 0 Å². The van der Waals surface area contributed by atoms with Crippen molar-refractivity contribution in [1.29, 1.82) is 0 Å². The van der Waals surface area contributed by atoms with Crippen molar-refractivity contribution in [3.05, 3.63) is 144 Å². The van der Waals surface area contributed by atoms with E-state index in [1.54, 1.807) is 0 Å². The lowest BCUT2D eigenvalue weighted by molar-refractivity contribution is 0.384. The number of hydrogen-bond acceptors (Lipinski definition) is 0. The molecule has 0 fully saturated rings. The molecule has 5 aromatic carbocycles. The van der Waals surface area contributed by atoms with Crippen LogP contribution in [-0.2, 0) is 0 Å². The van der Waals surface area contributed by atoms with Gasteiger partial charge in [-0.3, -0.25) is 0 Å². The molecule has 0 radical (unpaired) electrons. The van der Waals surface area contributed by atoms with Crippen LogP contribution in [0.1, 0.15) is 66.8 Å². The van der Waals surface area contributed by atoms with Gasteiger partial charge in [-0.25, -0.2) is 22.0 Å². The third-order valence-electron chi connectivity index (χ3n) is 10.7. The van der Waals surface area contributed by atoms with Gasteiger partial charge in [0.25, 0.3) is 0 Å². The predicted octanol–water partition coefficient (Wildman–Crippen LogP) is 11.1. The van der Waals surface area contributed by atoms with Crippen molar-refractivity contribution in [3.8, 4) is 0 Å². The molecule has 0 saturated heterocycles. The average molecular weight is 773 g/mol. The van der Waals surface area contributed by atoms with Gasteiger partial charge in [0.1, 0.15) is 0 Å². The minimum Gasteiger partial charge on any atom is -0.204 e. The van der Waals surface area contributed by atoms with Crippen molar-refractivity contribution in [1.82, 2.24) is 0 Å². The van der Waals surface area contributed by atoms with Gasteiger partial charge in [0.05, 0.1) is 0 Å². The lowest BCUT2D eigenvalue weighted by Crippen LogP contribution is -2.40. The van der Waals surface area contributed by atoms with E-state index in [4.69, 9.17) is 0 Å². The van der Waals surface area contributed by atoms with E-state index < -0.39 is 57.1 Å². The molecule has 54 heavy (non-hydrogen) atoms. The van der Waals surface area contributed by atoms with Crippen LogP contribution in [0.3, 0.4) is 0 Å². The van der Waals surface area contributed by atoms with Gasteiger partial charge in [0, 0.05) is 0 Å². The molecular weight excluding hydrogens is 720 g/mol. The maximum Gasteiger partial charge on any atom is 0.200 e. The van der Waals surface area contributed by atoms with E-state index in [0.717, 1.165) is 66.8 Å². The van der Waals surface area contributed by atoms with Gasteiger partial charge in [-0.2, -0.15) is 0 Å². The van der Waals surface area contributed by atoms with Crippen LogP contribution in [0.25, 0.3) is 0 Å². The third kappa shape index (κ3) is 8.41. The van der Waals surface area contributed by atoms with Gasteiger partial charge in [-0.15, -0.1) is 0 Å². The summed E-state index contributed by atoms with van der Waals surface area (Å²) in [7, 11) is -2.13. The second kappa shape index (κ2) is 16.8. The number of rotatable bonds is 11. The molecule has 284 valence electrons. The molecule has 0 saturated carbocycles. The minimum atomic E-state index is -2.12. The lowest BCUT2D eigenvalue weighted by atomic mass is 9.41. The Hall–Kier alpha value is -3.33. The topological polar surface area (TPSA) is 0 Å². The Balaban J connectivity index is 1.69. The van der Waals surface area contributed by atoms with Crippen LogP contribution < -0.4 is 26.7 Å². The highest BCUT2D eigenvalue weighted by Gasteiger charge is 2.35. The van der Waals surface area contributed by atoms with E-state index in [0.29, 0.717) is 12.3 Å². The highest BCUT2D eigenvalue weighted by atomic mass is 31.1. The van der Waals surface area contributed by atoms with Crippen LogP contribution in [0.4, 0.5) is 22.0 Å². The van der Waals surface area contributed by atoms with Crippen molar-refractivity contribution in [2.75, 3.05) is 12.3 Å². The van der Waals surface area contributed by atoms with Crippen LogP contribution in [0.2, 0.25) is 12.6 Å². The first-order valence-corrected chi connectivity index (χ1v) is 21.7. The Morgan fingerprint density at radius 3 is 0.778 bits per heavy atom. The van der Waals surface area contributed by atoms with Crippen molar-refractivity contribution in [3.63, 3.8) is 0 Å². The van der Waals surface area contributed by atoms with Crippen molar-refractivity contribution < 1.29 is 22.0 Å². The summed E-state index contributed by atoms with van der Waals surface area (Å²) >= 11 is 0. The average Bonchev–Trinajstić information content (AvgIpc) is 3.04. The standard InChI is InChI=1S/C46H52BF5P2/c1-25-17-29(5)43(30(6)18-25)53(44-31(7)19-26(2)20-32(44)8)15-13-47(37-38(48)40(50)42(52)41(51)39(37)49)14-16-54(45-33(9)21-27(3)22-34(45)10)46-35(11)23-28(4)24-36(46)12/h17-24H,13-16H2,1-12H3. The summed E-state index contributed by atoms with van der Waals surface area (Å²) in [6.07, 6.45) is 1.56. The van der Waals surface area contributed by atoms with Gasteiger partial charge in [-0.1, -0.05) is 83.4 Å². The zero-order chi connectivity index (χ0) is 39.9. The smallest absolute Gasteiger partial charge is 0.200 e. The molecule has 0 unspecified atom stereocenters. The molecule has 0 atom stereocenters. The van der Waals surface area contributed by atoms with E-state index >= 15 is 17.6 Å². The predicted molar refractivity (Wildman–Crippen MR) is 226 cm³/mol. The summed E-state index contributed by atoms with van der Waals surface area (Å²) in [6.45, 7) is 24.2. The highest BCUT2D eigenvalue weighted by molar-refractivity contribution is 7.74. The lowest BCUT2D eigenvalue weighted by Gasteiger charge is -2.30. The first-order chi connectivity index (χ1) is 25.3. The maximum absolute atomic E-state index is 16.0. The quantitative estimate of drug-likeness (QED) is 0.0412. The monoisotopic (exact) mass is 772 g/mol. The number of benzene rings is 5. The van der Waals surface area contributed by atoms with Crippen LogP contribution >= 0.6 is 15.8 Å². The molecule has 0 nitrogen and oxygen atoms in total. The molecule has 0 spiro atoms. The summed E-state index contributed by atoms with van der Waals surface area (Å²) in [4.78, 5) is 0. The molecule has 0 bridgehead atoms. The van der Waals surface area contributed by atoms with E-state index in [1.165, 1.54) is 21.2 Å². The van der Waals surface area contributed by atoms with Crippen LogP contribution in [0, 0.1) is 112 Å². The Bertz CT molecular complexity index is 1880. The van der Waals surface area contributed by atoms with Crippen LogP contribution in [0.15, 0.2) is 48.5 Å². The normalized spacial score (nSPS) is 11.7. The maximum atomic E-state index is 16.0. The first-order valence-electron chi connectivity index (χ1n) is 18.7. The van der Waals surface area contributed by atoms with E-state index in [9.17, 15) is 4.39 Å². The highest BCUT2D eigenvalue weighted by Crippen LogP contribution is 2.43. The summed E-state index contributed by atoms with van der Waals surface area (Å²) in [5, 5.41) is 4.84.